The summed E-state index contributed by atoms with van der Waals surface area (Å²) < 4.78 is 2.47. The molecule has 1 aromatic heterocycles. The molecular formula is C14H14BrClN2O2. The van der Waals surface area contributed by atoms with Crippen molar-refractivity contribution in [2.24, 2.45) is 5.41 Å². The van der Waals surface area contributed by atoms with Crippen molar-refractivity contribution in [1.82, 2.24) is 9.78 Å². The van der Waals surface area contributed by atoms with Gasteiger partial charge in [0.25, 0.3) is 0 Å². The van der Waals surface area contributed by atoms with Crippen LogP contribution in [0.1, 0.15) is 13.8 Å². The number of hydrogen-bond donors (Lipinski definition) is 1. The molecular weight excluding hydrogens is 344 g/mol. The van der Waals surface area contributed by atoms with Gasteiger partial charge < -0.3 is 5.11 Å². The number of benzene rings is 1. The first-order valence-electron chi connectivity index (χ1n) is 6.01. The molecule has 2 rings (SSSR count). The molecule has 0 saturated carbocycles. The number of rotatable bonds is 4. The largest absolute Gasteiger partial charge is 0.481 e. The van der Waals surface area contributed by atoms with Crippen molar-refractivity contribution in [1.29, 1.82) is 0 Å². The standard InChI is InChI=1S/C14H14BrClN2O2/c1-14(2,13(19)20)8-18-7-10(6-17-18)9-3-4-11(15)12(16)5-9/h3-7H,8H2,1-2H3,(H,19,20). The highest BCUT2D eigenvalue weighted by molar-refractivity contribution is 9.10. The van der Waals surface area contributed by atoms with Crippen LogP contribution in [-0.2, 0) is 11.3 Å². The third kappa shape index (κ3) is 3.22. The second kappa shape index (κ2) is 5.58. The zero-order valence-corrected chi connectivity index (χ0v) is 13.4. The van der Waals surface area contributed by atoms with Gasteiger partial charge in [-0.3, -0.25) is 9.48 Å². The van der Waals surface area contributed by atoms with Gasteiger partial charge in [-0.25, -0.2) is 0 Å². The van der Waals surface area contributed by atoms with Crippen LogP contribution in [0, 0.1) is 5.41 Å². The van der Waals surface area contributed by atoms with E-state index >= 15 is 0 Å². The lowest BCUT2D eigenvalue weighted by molar-refractivity contribution is -0.147. The quantitative estimate of drug-likeness (QED) is 0.897. The Balaban J connectivity index is 2.25. The maximum atomic E-state index is 11.1. The lowest BCUT2D eigenvalue weighted by Gasteiger charge is -2.18. The van der Waals surface area contributed by atoms with Crippen LogP contribution >= 0.6 is 27.5 Å². The minimum absolute atomic E-state index is 0.312. The molecule has 0 unspecified atom stereocenters. The molecule has 20 heavy (non-hydrogen) atoms. The first-order valence-corrected chi connectivity index (χ1v) is 7.18. The van der Waals surface area contributed by atoms with Gasteiger partial charge in [-0.05, 0) is 47.5 Å². The van der Waals surface area contributed by atoms with Gasteiger partial charge in [-0.1, -0.05) is 17.7 Å². The van der Waals surface area contributed by atoms with Gasteiger partial charge in [0, 0.05) is 16.2 Å². The smallest absolute Gasteiger partial charge is 0.310 e. The third-order valence-corrected chi connectivity index (χ3v) is 4.25. The lowest BCUT2D eigenvalue weighted by atomic mass is 9.94. The fraction of sp³-hybridized carbons (Fsp3) is 0.286. The van der Waals surface area contributed by atoms with E-state index in [-0.39, 0.29) is 0 Å². The molecule has 0 amide bonds. The average Bonchev–Trinajstić information content (AvgIpc) is 2.80. The molecule has 0 radical (unpaired) electrons. The van der Waals surface area contributed by atoms with Gasteiger partial charge in [0.15, 0.2) is 0 Å². The van der Waals surface area contributed by atoms with Gasteiger partial charge in [0.05, 0.1) is 23.2 Å². The van der Waals surface area contributed by atoms with Gasteiger partial charge in [0.2, 0.25) is 0 Å². The van der Waals surface area contributed by atoms with Gasteiger partial charge in [-0.15, -0.1) is 0 Å². The molecule has 0 fully saturated rings. The van der Waals surface area contributed by atoms with Crippen LogP contribution in [-0.4, -0.2) is 20.9 Å². The molecule has 6 heteroatoms. The number of aromatic nitrogens is 2. The maximum Gasteiger partial charge on any atom is 0.310 e. The molecule has 1 heterocycles. The van der Waals surface area contributed by atoms with Crippen LogP contribution in [0.4, 0.5) is 0 Å². The van der Waals surface area contributed by atoms with E-state index in [1.165, 1.54) is 0 Å². The van der Waals surface area contributed by atoms with Crippen LogP contribution < -0.4 is 0 Å². The van der Waals surface area contributed by atoms with E-state index in [2.05, 4.69) is 21.0 Å². The lowest BCUT2D eigenvalue weighted by Crippen LogP contribution is -2.29. The Morgan fingerprint density at radius 1 is 1.45 bits per heavy atom. The van der Waals surface area contributed by atoms with Gasteiger partial charge in [-0.2, -0.15) is 5.10 Å². The van der Waals surface area contributed by atoms with Crippen LogP contribution in [0.3, 0.4) is 0 Å². The van der Waals surface area contributed by atoms with E-state index in [0.717, 1.165) is 15.6 Å². The predicted octanol–water partition coefficient (Wildman–Crippen LogP) is 4.08. The summed E-state index contributed by atoms with van der Waals surface area (Å²) in [7, 11) is 0. The van der Waals surface area contributed by atoms with Crippen LogP contribution in [0.2, 0.25) is 5.02 Å². The SMILES string of the molecule is CC(C)(Cn1cc(-c2ccc(Br)c(Cl)c2)cn1)C(=O)O. The maximum absolute atomic E-state index is 11.1. The number of aliphatic carboxylic acids is 1. The Morgan fingerprint density at radius 3 is 2.75 bits per heavy atom. The van der Waals surface area contributed by atoms with Crippen molar-refractivity contribution in [3.05, 3.63) is 40.1 Å². The molecule has 0 spiro atoms. The van der Waals surface area contributed by atoms with E-state index in [0.29, 0.717) is 11.6 Å². The number of hydrogen-bond acceptors (Lipinski definition) is 2. The Labute approximate surface area is 130 Å². The third-order valence-electron chi connectivity index (χ3n) is 3.02. The molecule has 0 atom stereocenters. The van der Waals surface area contributed by atoms with Gasteiger partial charge in [0.1, 0.15) is 0 Å². The Morgan fingerprint density at radius 2 is 2.15 bits per heavy atom. The molecule has 106 valence electrons. The Bertz CT molecular complexity index is 652. The van der Waals surface area contributed by atoms with E-state index in [1.807, 2.05) is 24.4 Å². The number of carbonyl (C=O) groups is 1. The summed E-state index contributed by atoms with van der Waals surface area (Å²) in [5, 5.41) is 14.0. The molecule has 0 bridgehead atoms. The monoisotopic (exact) mass is 356 g/mol. The van der Waals surface area contributed by atoms with Crippen molar-refractivity contribution in [2.75, 3.05) is 0 Å². The Kier molecular flexibility index (Phi) is 4.20. The second-order valence-electron chi connectivity index (χ2n) is 5.24. The van der Waals surface area contributed by atoms with E-state index in [1.54, 1.807) is 24.7 Å². The van der Waals surface area contributed by atoms with Crippen molar-refractivity contribution in [2.45, 2.75) is 20.4 Å². The van der Waals surface area contributed by atoms with Crippen molar-refractivity contribution in [3.63, 3.8) is 0 Å². The molecule has 0 aliphatic rings. The summed E-state index contributed by atoms with van der Waals surface area (Å²) in [6.45, 7) is 3.66. The summed E-state index contributed by atoms with van der Waals surface area (Å²) in [5.74, 6) is -0.846. The van der Waals surface area contributed by atoms with Crippen molar-refractivity contribution < 1.29 is 9.90 Å². The minimum Gasteiger partial charge on any atom is -0.481 e. The van der Waals surface area contributed by atoms with Crippen molar-refractivity contribution >= 4 is 33.5 Å². The molecule has 0 saturated heterocycles. The summed E-state index contributed by atoms with van der Waals surface area (Å²) in [6, 6.07) is 5.64. The normalized spacial score (nSPS) is 11.6. The zero-order chi connectivity index (χ0) is 14.9. The molecule has 1 aromatic carbocycles. The first-order chi connectivity index (χ1) is 9.29. The van der Waals surface area contributed by atoms with Crippen LogP contribution in [0.25, 0.3) is 11.1 Å². The molecule has 0 aliphatic carbocycles. The molecule has 0 aliphatic heterocycles. The number of nitrogens with zero attached hydrogens (tertiary/aromatic N) is 2. The molecule has 1 N–H and O–H groups in total. The Hall–Kier alpha value is -1.33. The van der Waals surface area contributed by atoms with Crippen LogP contribution in [0.15, 0.2) is 35.1 Å². The minimum atomic E-state index is -0.860. The molecule has 2 aromatic rings. The van der Waals surface area contributed by atoms with E-state index in [9.17, 15) is 4.79 Å². The summed E-state index contributed by atoms with van der Waals surface area (Å²) >= 11 is 9.41. The fourth-order valence-electron chi connectivity index (χ4n) is 1.75. The topological polar surface area (TPSA) is 55.1 Å². The highest BCUT2D eigenvalue weighted by Gasteiger charge is 2.28. The van der Waals surface area contributed by atoms with Gasteiger partial charge >= 0.3 is 5.97 Å². The summed E-state index contributed by atoms with van der Waals surface area (Å²) in [5.41, 5.74) is 0.985. The average molecular weight is 358 g/mol. The van der Waals surface area contributed by atoms with E-state index < -0.39 is 11.4 Å². The highest BCUT2D eigenvalue weighted by atomic mass is 79.9. The highest BCUT2D eigenvalue weighted by Crippen LogP contribution is 2.29. The predicted molar refractivity (Wildman–Crippen MR) is 81.8 cm³/mol. The number of carboxylic acids is 1. The number of halogens is 2. The molecule has 4 nitrogen and oxygen atoms in total. The van der Waals surface area contributed by atoms with Crippen molar-refractivity contribution in [3.8, 4) is 11.1 Å². The fourth-order valence-corrected chi connectivity index (χ4v) is 2.17. The summed E-state index contributed by atoms with van der Waals surface area (Å²) in [4.78, 5) is 11.1. The number of carboxylic acid groups (broad SMARTS) is 1. The second-order valence-corrected chi connectivity index (χ2v) is 6.51. The summed E-state index contributed by atoms with van der Waals surface area (Å²) in [6.07, 6.45) is 3.53. The van der Waals surface area contributed by atoms with E-state index in [4.69, 9.17) is 16.7 Å². The zero-order valence-electron chi connectivity index (χ0n) is 11.1. The first kappa shape index (κ1) is 15.1. The van der Waals surface area contributed by atoms with Crippen LogP contribution in [0.5, 0.6) is 0 Å².